The largest absolute Gasteiger partial charge is 0.311 e. The summed E-state index contributed by atoms with van der Waals surface area (Å²) in [5.41, 5.74) is 19.3. The van der Waals surface area contributed by atoms with Crippen LogP contribution in [0.1, 0.15) is 84.6 Å². The van der Waals surface area contributed by atoms with Gasteiger partial charge in [0.2, 0.25) is 0 Å². The van der Waals surface area contributed by atoms with E-state index in [4.69, 9.17) is 0 Å². The summed E-state index contributed by atoms with van der Waals surface area (Å²) in [4.78, 5) is 5.12. The van der Waals surface area contributed by atoms with Crippen molar-refractivity contribution in [2.45, 2.75) is 85.5 Å². The third-order valence-electron chi connectivity index (χ3n) is 12.8. The molecule has 0 saturated carbocycles. The highest BCUT2D eigenvalue weighted by Gasteiger charge is 2.44. The van der Waals surface area contributed by atoms with E-state index in [0.29, 0.717) is 0 Å². The van der Waals surface area contributed by atoms with Gasteiger partial charge in [-0.3, -0.25) is 0 Å². The Labute approximate surface area is 355 Å². The first-order valence-electron chi connectivity index (χ1n) is 21.2. The van der Waals surface area contributed by atoms with Crippen LogP contribution in [0.3, 0.4) is 0 Å². The predicted octanol–water partition coefficient (Wildman–Crippen LogP) is 14.0. The van der Waals surface area contributed by atoms with Gasteiger partial charge in [-0.25, -0.2) is 0 Å². The molecule has 8 aromatic rings. The minimum Gasteiger partial charge on any atom is -0.311 e. The van der Waals surface area contributed by atoms with Crippen molar-refractivity contribution in [3.05, 3.63) is 162 Å². The van der Waals surface area contributed by atoms with E-state index >= 15 is 0 Å². The van der Waals surface area contributed by atoms with E-state index in [1.165, 1.54) is 104 Å². The number of nitrogens with zero attached hydrogens (tertiary/aromatic N) is 2. The van der Waals surface area contributed by atoms with E-state index in [0.717, 1.165) is 0 Å². The van der Waals surface area contributed by atoms with E-state index in [2.05, 4.69) is 219 Å². The summed E-state index contributed by atoms with van der Waals surface area (Å²) >= 11 is 1.89. The number of aryl methyl sites for hydroxylation is 1. The zero-order valence-electron chi connectivity index (χ0n) is 36.2. The van der Waals surface area contributed by atoms with E-state index in [1.54, 1.807) is 0 Å². The molecule has 2 nitrogen and oxygen atoms in total. The van der Waals surface area contributed by atoms with E-state index < -0.39 is 0 Å². The molecule has 3 heterocycles. The van der Waals surface area contributed by atoms with Crippen molar-refractivity contribution in [2.75, 3.05) is 9.80 Å². The van der Waals surface area contributed by atoms with Crippen LogP contribution in [-0.2, 0) is 16.2 Å². The molecule has 292 valence electrons. The van der Waals surface area contributed by atoms with E-state index in [1.807, 2.05) is 11.3 Å². The SMILES string of the molecule is Cc1cc2c3c(c1)N(c1ccc(C(C)(C)C)cc1)c1cc(C(C)(C)C)ccc1B3c1ccc(C(C)(C)C)cc1N2c1ccc(-c2cccc3c2sc2ccccc23)cc1. The lowest BCUT2D eigenvalue weighted by Gasteiger charge is -2.45. The second-order valence-corrected chi connectivity index (χ2v) is 21.0. The number of benzene rings is 7. The molecule has 0 aliphatic carbocycles. The van der Waals surface area contributed by atoms with Crippen LogP contribution in [-0.4, -0.2) is 6.71 Å². The van der Waals surface area contributed by atoms with Crippen molar-refractivity contribution >= 4 is 88.7 Å². The van der Waals surface area contributed by atoms with Gasteiger partial charge >= 0.3 is 0 Å². The number of hydrogen-bond acceptors (Lipinski definition) is 3. The third kappa shape index (κ3) is 6.13. The highest BCUT2D eigenvalue weighted by molar-refractivity contribution is 7.26. The maximum Gasteiger partial charge on any atom is 0.252 e. The van der Waals surface area contributed by atoms with Crippen LogP contribution in [0.2, 0.25) is 0 Å². The van der Waals surface area contributed by atoms with Crippen LogP contribution in [0.25, 0.3) is 31.3 Å². The standard InChI is InChI=1S/C55H53BN2S/c1-34-30-48-51-49(31-34)58(40-26-20-36(21-27-40)53(2,3)4)47-33-38(55(8,9)10)23-29-45(47)56(51)44-28-22-37(54(5,6)7)32-46(44)57(48)39-24-18-35(19-25-39)41-15-13-16-43-42-14-11-12-17-50(42)59-52(41)43/h11-33H,1-10H3. The average molecular weight is 785 g/mol. The van der Waals surface area contributed by atoms with Gasteiger partial charge in [-0.05, 0) is 128 Å². The van der Waals surface area contributed by atoms with Gasteiger partial charge in [0, 0.05) is 54.3 Å². The molecule has 0 spiro atoms. The number of thiophene rings is 1. The minimum atomic E-state index is -0.00632. The monoisotopic (exact) mass is 784 g/mol. The molecule has 1 aromatic heterocycles. The number of hydrogen-bond donors (Lipinski definition) is 0. The molecule has 0 radical (unpaired) electrons. The van der Waals surface area contributed by atoms with Gasteiger partial charge in [-0.15, -0.1) is 11.3 Å². The molecule has 0 fully saturated rings. The van der Waals surface area contributed by atoms with Gasteiger partial charge in [-0.1, -0.05) is 147 Å². The minimum absolute atomic E-state index is 0.00632. The summed E-state index contributed by atoms with van der Waals surface area (Å²) in [5.74, 6) is 0. The molecule has 2 aliphatic heterocycles. The van der Waals surface area contributed by atoms with Crippen molar-refractivity contribution in [3.63, 3.8) is 0 Å². The Balaban J connectivity index is 1.20. The van der Waals surface area contributed by atoms with Crippen molar-refractivity contribution in [1.29, 1.82) is 0 Å². The Kier molecular flexibility index (Phi) is 8.44. The first-order valence-corrected chi connectivity index (χ1v) is 22.0. The van der Waals surface area contributed by atoms with Crippen LogP contribution in [0.4, 0.5) is 34.1 Å². The Morgan fingerprint density at radius 3 is 1.49 bits per heavy atom. The second kappa shape index (κ2) is 13.2. The molecule has 0 saturated heterocycles. The zero-order chi connectivity index (χ0) is 41.2. The molecule has 59 heavy (non-hydrogen) atoms. The molecule has 4 heteroatoms. The first kappa shape index (κ1) is 37.7. The van der Waals surface area contributed by atoms with Crippen molar-refractivity contribution < 1.29 is 0 Å². The lowest BCUT2D eigenvalue weighted by molar-refractivity contribution is 0.590. The van der Waals surface area contributed by atoms with Crippen molar-refractivity contribution in [3.8, 4) is 11.1 Å². The Morgan fingerprint density at radius 2 is 0.949 bits per heavy atom. The van der Waals surface area contributed by atoms with E-state index in [-0.39, 0.29) is 23.0 Å². The highest BCUT2D eigenvalue weighted by Crippen LogP contribution is 2.47. The van der Waals surface area contributed by atoms with Gasteiger partial charge in [0.15, 0.2) is 0 Å². The molecule has 0 unspecified atom stereocenters. The third-order valence-corrected chi connectivity index (χ3v) is 14.0. The number of anilines is 6. The van der Waals surface area contributed by atoms with Gasteiger partial charge in [-0.2, -0.15) is 0 Å². The van der Waals surface area contributed by atoms with Crippen LogP contribution >= 0.6 is 11.3 Å². The van der Waals surface area contributed by atoms with E-state index in [9.17, 15) is 0 Å². The average Bonchev–Trinajstić information content (AvgIpc) is 3.58. The fraction of sp³-hybridized carbons (Fsp3) is 0.236. The van der Waals surface area contributed by atoms with Crippen LogP contribution in [0.15, 0.2) is 140 Å². The van der Waals surface area contributed by atoms with Gasteiger partial charge in [0.1, 0.15) is 0 Å². The maximum absolute atomic E-state index is 2.56. The van der Waals surface area contributed by atoms with Crippen molar-refractivity contribution in [1.82, 2.24) is 0 Å². The van der Waals surface area contributed by atoms with Gasteiger partial charge < -0.3 is 9.80 Å². The fourth-order valence-electron chi connectivity index (χ4n) is 9.49. The van der Waals surface area contributed by atoms with Gasteiger partial charge in [0.25, 0.3) is 6.71 Å². The zero-order valence-corrected chi connectivity index (χ0v) is 37.0. The molecule has 0 atom stereocenters. The summed E-state index contributed by atoms with van der Waals surface area (Å²) in [6, 6.07) is 53.7. The number of rotatable bonds is 3. The molecule has 0 amide bonds. The topological polar surface area (TPSA) is 6.48 Å². The summed E-state index contributed by atoms with van der Waals surface area (Å²) < 4.78 is 2.68. The normalized spacial score (nSPS) is 13.8. The maximum atomic E-state index is 2.56. The predicted molar refractivity (Wildman–Crippen MR) is 260 cm³/mol. The van der Waals surface area contributed by atoms with Gasteiger partial charge in [0.05, 0.1) is 0 Å². The Morgan fingerprint density at radius 1 is 0.458 bits per heavy atom. The second-order valence-electron chi connectivity index (χ2n) is 20.0. The molecule has 10 rings (SSSR count). The summed E-state index contributed by atoms with van der Waals surface area (Å²) in [7, 11) is 0. The smallest absolute Gasteiger partial charge is 0.252 e. The fourth-order valence-corrected chi connectivity index (χ4v) is 10.7. The lowest BCUT2D eigenvalue weighted by Crippen LogP contribution is -2.61. The summed E-state index contributed by atoms with van der Waals surface area (Å²) in [5, 5.41) is 2.66. The summed E-state index contributed by atoms with van der Waals surface area (Å²) in [6.07, 6.45) is 0. The molecule has 2 aliphatic rings. The van der Waals surface area contributed by atoms with Crippen LogP contribution in [0.5, 0.6) is 0 Å². The van der Waals surface area contributed by atoms with Crippen LogP contribution < -0.4 is 26.2 Å². The highest BCUT2D eigenvalue weighted by atomic mass is 32.1. The van der Waals surface area contributed by atoms with Crippen molar-refractivity contribution in [2.24, 2.45) is 0 Å². The molecular weight excluding hydrogens is 731 g/mol. The molecule has 0 N–H and O–H groups in total. The lowest BCUT2D eigenvalue weighted by atomic mass is 9.33. The summed E-state index contributed by atoms with van der Waals surface area (Å²) in [6.45, 7) is 23.2. The Bertz CT molecular complexity index is 2950. The van der Waals surface area contributed by atoms with Crippen LogP contribution in [0, 0.1) is 6.92 Å². The molecule has 7 aromatic carbocycles. The molecule has 0 bridgehead atoms. The number of fused-ring (bicyclic) bond motifs is 7. The first-order chi connectivity index (χ1) is 28.1. The quantitative estimate of drug-likeness (QED) is 0.165. The molecular formula is C55H53BN2S. The Hall–Kier alpha value is -5.58.